The maximum atomic E-state index is 12.6. The molecule has 0 amide bonds. The van der Waals surface area contributed by atoms with E-state index >= 15 is 0 Å². The first-order valence-electron chi connectivity index (χ1n) is 6.80. The second-order valence-corrected chi connectivity index (χ2v) is 6.43. The summed E-state index contributed by atoms with van der Waals surface area (Å²) in [6, 6.07) is 5.72. The predicted octanol–water partition coefficient (Wildman–Crippen LogP) is 2.78. The third kappa shape index (κ3) is 3.87. The summed E-state index contributed by atoms with van der Waals surface area (Å²) in [5.41, 5.74) is -5.83. The molecule has 2 rings (SSSR count). The van der Waals surface area contributed by atoms with Crippen LogP contribution in [0.5, 0.6) is 11.5 Å². The monoisotopic (exact) mass is 392 g/mol. The van der Waals surface area contributed by atoms with Crippen molar-refractivity contribution in [2.45, 2.75) is 12.4 Å². The number of benzene rings is 2. The Kier molecular flexibility index (Phi) is 5.12. The minimum atomic E-state index is -5.94. The SMILES string of the molecule is COC(=O)c1cc(OC(C)=O)c2cccc(OS(=O)(=O)C(F)(F)F)c2c1. The molecule has 7 nitrogen and oxygen atoms in total. The molecule has 140 valence electrons. The molecular weight excluding hydrogens is 381 g/mol. The number of carbonyl (C=O) groups excluding carboxylic acids is 2. The first-order chi connectivity index (χ1) is 12.0. The van der Waals surface area contributed by atoms with E-state index < -0.39 is 33.3 Å². The number of fused-ring (bicyclic) bond motifs is 1. The Morgan fingerprint density at radius 1 is 1.04 bits per heavy atom. The van der Waals surface area contributed by atoms with Gasteiger partial charge >= 0.3 is 27.6 Å². The van der Waals surface area contributed by atoms with Crippen LogP contribution >= 0.6 is 0 Å². The number of esters is 2. The first-order valence-corrected chi connectivity index (χ1v) is 8.21. The van der Waals surface area contributed by atoms with E-state index in [0.717, 1.165) is 32.2 Å². The van der Waals surface area contributed by atoms with Gasteiger partial charge in [-0.2, -0.15) is 21.6 Å². The zero-order valence-corrected chi connectivity index (χ0v) is 14.1. The number of alkyl halides is 3. The van der Waals surface area contributed by atoms with Crippen LogP contribution in [0.3, 0.4) is 0 Å². The molecule has 11 heteroatoms. The number of carbonyl (C=O) groups is 2. The molecule has 0 saturated heterocycles. The van der Waals surface area contributed by atoms with Crippen molar-refractivity contribution in [1.29, 1.82) is 0 Å². The molecule has 0 unspecified atom stereocenters. The van der Waals surface area contributed by atoms with Crippen molar-refractivity contribution in [3.8, 4) is 11.5 Å². The molecule has 0 aliphatic rings. The van der Waals surface area contributed by atoms with E-state index in [-0.39, 0.29) is 22.1 Å². The van der Waals surface area contributed by atoms with E-state index in [4.69, 9.17) is 4.74 Å². The minimum Gasteiger partial charge on any atom is -0.465 e. The standard InChI is InChI=1S/C15H11F3O7S/c1-8(19)24-13-7-9(14(20)23-2)6-11-10(13)4-3-5-12(11)25-26(21,22)15(16,17)18/h3-7H,1-2H3. The molecule has 0 bridgehead atoms. The molecule has 0 radical (unpaired) electrons. The Morgan fingerprint density at radius 2 is 1.69 bits per heavy atom. The van der Waals surface area contributed by atoms with E-state index in [9.17, 15) is 31.2 Å². The molecule has 0 aromatic heterocycles. The lowest BCUT2D eigenvalue weighted by Gasteiger charge is -2.14. The van der Waals surface area contributed by atoms with Gasteiger partial charge in [0.1, 0.15) is 5.75 Å². The third-order valence-corrected chi connectivity index (χ3v) is 4.04. The fourth-order valence-electron chi connectivity index (χ4n) is 2.04. The number of hydrogen-bond acceptors (Lipinski definition) is 7. The summed E-state index contributed by atoms with van der Waals surface area (Å²) >= 11 is 0. The molecule has 0 aliphatic carbocycles. The molecule has 0 fully saturated rings. The van der Waals surface area contributed by atoms with Gasteiger partial charge < -0.3 is 13.7 Å². The van der Waals surface area contributed by atoms with Crippen LogP contribution in [0.15, 0.2) is 30.3 Å². The molecule has 26 heavy (non-hydrogen) atoms. The van der Waals surface area contributed by atoms with E-state index in [1.54, 1.807) is 0 Å². The lowest BCUT2D eigenvalue weighted by molar-refractivity contribution is -0.131. The van der Waals surface area contributed by atoms with Crippen molar-refractivity contribution in [3.05, 3.63) is 35.9 Å². The van der Waals surface area contributed by atoms with Gasteiger partial charge in [-0.3, -0.25) is 4.79 Å². The molecule has 0 aliphatic heterocycles. The van der Waals surface area contributed by atoms with Crippen LogP contribution in [-0.2, 0) is 19.6 Å². The number of methoxy groups -OCH3 is 1. The molecule has 0 atom stereocenters. The van der Waals surface area contributed by atoms with Crippen molar-refractivity contribution in [2.24, 2.45) is 0 Å². The highest BCUT2D eigenvalue weighted by molar-refractivity contribution is 7.88. The predicted molar refractivity (Wildman–Crippen MR) is 82.2 cm³/mol. The lowest BCUT2D eigenvalue weighted by Crippen LogP contribution is -2.28. The molecule has 0 saturated carbocycles. The van der Waals surface area contributed by atoms with Crippen molar-refractivity contribution >= 4 is 32.8 Å². The topological polar surface area (TPSA) is 96.0 Å². The van der Waals surface area contributed by atoms with Crippen molar-refractivity contribution in [3.63, 3.8) is 0 Å². The van der Waals surface area contributed by atoms with Gasteiger partial charge in [0.25, 0.3) is 0 Å². The van der Waals surface area contributed by atoms with Crippen LogP contribution < -0.4 is 8.92 Å². The molecule has 0 heterocycles. The first kappa shape index (κ1) is 19.5. The zero-order valence-electron chi connectivity index (χ0n) is 13.3. The van der Waals surface area contributed by atoms with Gasteiger partial charge in [-0.25, -0.2) is 4.79 Å². The highest BCUT2D eigenvalue weighted by Crippen LogP contribution is 2.36. The second kappa shape index (κ2) is 6.83. The van der Waals surface area contributed by atoms with Crippen LogP contribution in [0.1, 0.15) is 17.3 Å². The van der Waals surface area contributed by atoms with E-state index in [1.165, 1.54) is 12.1 Å². The van der Waals surface area contributed by atoms with Crippen molar-refractivity contribution in [2.75, 3.05) is 7.11 Å². The van der Waals surface area contributed by atoms with Gasteiger partial charge in [0.05, 0.1) is 12.7 Å². The highest BCUT2D eigenvalue weighted by atomic mass is 32.2. The van der Waals surface area contributed by atoms with Gasteiger partial charge in [0.2, 0.25) is 0 Å². The van der Waals surface area contributed by atoms with E-state index in [2.05, 4.69) is 8.92 Å². The van der Waals surface area contributed by atoms with Gasteiger partial charge in [-0.05, 0) is 18.2 Å². The molecule has 2 aromatic rings. The lowest BCUT2D eigenvalue weighted by atomic mass is 10.0. The Bertz CT molecular complexity index is 981. The molecule has 0 N–H and O–H groups in total. The number of halogens is 3. The molecule has 0 spiro atoms. The van der Waals surface area contributed by atoms with Gasteiger partial charge in [0, 0.05) is 17.7 Å². The summed E-state index contributed by atoms with van der Waals surface area (Å²) < 4.78 is 73.9. The van der Waals surface area contributed by atoms with Crippen molar-refractivity contribution in [1.82, 2.24) is 0 Å². The average Bonchev–Trinajstić information content (AvgIpc) is 2.52. The molecular formula is C15H11F3O7S. The van der Waals surface area contributed by atoms with Crippen LogP contribution in [0.4, 0.5) is 13.2 Å². The summed E-state index contributed by atoms with van der Waals surface area (Å²) in [5.74, 6) is -2.51. The quantitative estimate of drug-likeness (QED) is 0.342. The van der Waals surface area contributed by atoms with Crippen molar-refractivity contribution < 1.29 is 44.8 Å². The maximum Gasteiger partial charge on any atom is 0.534 e. The molecule has 2 aromatic carbocycles. The van der Waals surface area contributed by atoms with Gasteiger partial charge in [-0.15, -0.1) is 0 Å². The maximum absolute atomic E-state index is 12.6. The van der Waals surface area contributed by atoms with Gasteiger partial charge in [-0.1, -0.05) is 12.1 Å². The smallest absolute Gasteiger partial charge is 0.465 e. The third-order valence-electron chi connectivity index (χ3n) is 3.08. The fraction of sp³-hybridized carbons (Fsp3) is 0.200. The Balaban J connectivity index is 2.73. The van der Waals surface area contributed by atoms with Crippen LogP contribution in [0.25, 0.3) is 10.8 Å². The highest BCUT2D eigenvalue weighted by Gasteiger charge is 2.48. The Labute approximate surface area is 145 Å². The van der Waals surface area contributed by atoms with Crippen LogP contribution in [-0.4, -0.2) is 33.0 Å². The van der Waals surface area contributed by atoms with Gasteiger partial charge in [0.15, 0.2) is 5.75 Å². The Hall–Kier alpha value is -2.82. The summed E-state index contributed by atoms with van der Waals surface area (Å²) in [6.45, 7) is 1.07. The van der Waals surface area contributed by atoms with E-state index in [0.29, 0.717) is 0 Å². The average molecular weight is 392 g/mol. The normalized spacial score (nSPS) is 11.9. The van der Waals surface area contributed by atoms with Crippen LogP contribution in [0, 0.1) is 0 Å². The number of ether oxygens (including phenoxy) is 2. The zero-order chi connectivity index (χ0) is 19.7. The summed E-state index contributed by atoms with van der Waals surface area (Å²) in [7, 11) is -4.88. The fourth-order valence-corrected chi connectivity index (χ4v) is 2.51. The Morgan fingerprint density at radius 3 is 2.23 bits per heavy atom. The number of hydrogen-bond donors (Lipinski definition) is 0. The summed E-state index contributed by atoms with van der Waals surface area (Å²) in [6.07, 6.45) is 0. The van der Waals surface area contributed by atoms with Crippen LogP contribution in [0.2, 0.25) is 0 Å². The summed E-state index contributed by atoms with van der Waals surface area (Å²) in [4.78, 5) is 23.0. The largest absolute Gasteiger partial charge is 0.534 e. The minimum absolute atomic E-state index is 0.0581. The summed E-state index contributed by atoms with van der Waals surface area (Å²) in [5, 5.41) is -0.137. The van der Waals surface area contributed by atoms with E-state index in [1.807, 2.05) is 0 Å². The second-order valence-electron chi connectivity index (χ2n) is 4.89. The number of rotatable bonds is 4.